The highest BCUT2D eigenvalue weighted by Gasteiger charge is 2.14. The second kappa shape index (κ2) is 10.6. The fourth-order valence-corrected chi connectivity index (χ4v) is 3.39. The van der Waals surface area contributed by atoms with Crippen molar-refractivity contribution in [3.8, 4) is 28.5 Å². The summed E-state index contributed by atoms with van der Waals surface area (Å²) in [5.41, 5.74) is 1.98. The van der Waals surface area contributed by atoms with Gasteiger partial charge in [0.2, 0.25) is 0 Å². The van der Waals surface area contributed by atoms with E-state index in [9.17, 15) is 4.79 Å². The average molecular weight is 429 g/mol. The van der Waals surface area contributed by atoms with E-state index in [0.29, 0.717) is 34.5 Å². The summed E-state index contributed by atoms with van der Waals surface area (Å²) in [4.78, 5) is 17.0. The summed E-state index contributed by atoms with van der Waals surface area (Å²) in [5.74, 6) is 1.75. The molecule has 1 heterocycles. The Morgan fingerprint density at radius 3 is 2.53 bits per heavy atom. The molecule has 0 spiro atoms. The molecule has 0 fully saturated rings. The smallest absolute Gasteiger partial charge is 0.257 e. The Kier molecular flexibility index (Phi) is 7.64. The standard InChI is InChI=1S/C22H24N2O5S/c1-3-11-28-17-8-9-20(27-2)18(13-17)19-14-30-22(23-19)24-21(26)15-4-6-16(7-5-15)29-12-10-25/h4-9,13-14,25H,3,10-12H2,1-2H3,(H,23,24,26). The predicted octanol–water partition coefficient (Wildman–Crippen LogP) is 4.23. The van der Waals surface area contributed by atoms with Crippen LogP contribution in [0.15, 0.2) is 47.8 Å². The number of aromatic nitrogens is 1. The van der Waals surface area contributed by atoms with Crippen molar-refractivity contribution < 1.29 is 24.1 Å². The molecule has 0 saturated heterocycles. The van der Waals surface area contributed by atoms with Gasteiger partial charge in [0.25, 0.3) is 5.91 Å². The third kappa shape index (κ3) is 5.49. The lowest BCUT2D eigenvalue weighted by Gasteiger charge is -2.10. The lowest BCUT2D eigenvalue weighted by molar-refractivity contribution is 0.102. The van der Waals surface area contributed by atoms with Crippen LogP contribution in [0.25, 0.3) is 11.3 Å². The molecule has 2 aromatic carbocycles. The zero-order valence-electron chi connectivity index (χ0n) is 16.9. The fraction of sp³-hybridized carbons (Fsp3) is 0.273. The molecule has 2 N–H and O–H groups in total. The number of benzene rings is 2. The van der Waals surface area contributed by atoms with Crippen molar-refractivity contribution in [1.82, 2.24) is 4.98 Å². The number of aliphatic hydroxyl groups excluding tert-OH is 1. The lowest BCUT2D eigenvalue weighted by Crippen LogP contribution is -2.11. The molecule has 7 nitrogen and oxygen atoms in total. The number of nitrogens with one attached hydrogen (secondary N) is 1. The molecule has 0 aliphatic carbocycles. The van der Waals surface area contributed by atoms with Crippen LogP contribution in [-0.2, 0) is 0 Å². The van der Waals surface area contributed by atoms with Gasteiger partial charge in [-0.05, 0) is 48.9 Å². The van der Waals surface area contributed by atoms with E-state index in [1.54, 1.807) is 31.4 Å². The van der Waals surface area contributed by atoms with Crippen molar-refractivity contribution in [2.24, 2.45) is 0 Å². The molecular formula is C22H24N2O5S. The van der Waals surface area contributed by atoms with Gasteiger partial charge in [-0.1, -0.05) is 6.92 Å². The first-order valence-electron chi connectivity index (χ1n) is 9.56. The summed E-state index contributed by atoms with van der Waals surface area (Å²) < 4.78 is 16.5. The summed E-state index contributed by atoms with van der Waals surface area (Å²) >= 11 is 1.33. The molecule has 1 amide bonds. The van der Waals surface area contributed by atoms with E-state index in [1.165, 1.54) is 11.3 Å². The lowest BCUT2D eigenvalue weighted by atomic mass is 10.1. The van der Waals surface area contributed by atoms with Gasteiger partial charge in [-0.25, -0.2) is 4.98 Å². The maximum Gasteiger partial charge on any atom is 0.257 e. The van der Waals surface area contributed by atoms with Crippen LogP contribution in [0.3, 0.4) is 0 Å². The van der Waals surface area contributed by atoms with Crippen LogP contribution in [0.2, 0.25) is 0 Å². The Bertz CT molecular complexity index is 972. The fourth-order valence-electron chi connectivity index (χ4n) is 2.69. The average Bonchev–Trinajstić information content (AvgIpc) is 3.24. The van der Waals surface area contributed by atoms with Crippen LogP contribution in [-0.4, -0.2) is 42.9 Å². The van der Waals surface area contributed by atoms with E-state index in [1.807, 2.05) is 23.6 Å². The number of nitrogens with zero attached hydrogens (tertiary/aromatic N) is 1. The minimum absolute atomic E-state index is 0.0625. The number of thiazole rings is 1. The van der Waals surface area contributed by atoms with Crippen LogP contribution < -0.4 is 19.5 Å². The molecule has 0 atom stereocenters. The van der Waals surface area contributed by atoms with Gasteiger partial charge in [-0.3, -0.25) is 10.1 Å². The summed E-state index contributed by atoms with van der Waals surface area (Å²) in [6.07, 6.45) is 0.919. The number of hydrogen-bond donors (Lipinski definition) is 2. The monoisotopic (exact) mass is 428 g/mol. The highest BCUT2D eigenvalue weighted by Crippen LogP contribution is 2.35. The Morgan fingerprint density at radius 1 is 1.10 bits per heavy atom. The molecule has 0 bridgehead atoms. The van der Waals surface area contributed by atoms with Crippen molar-refractivity contribution >= 4 is 22.4 Å². The van der Waals surface area contributed by atoms with Gasteiger partial charge in [0, 0.05) is 16.5 Å². The van der Waals surface area contributed by atoms with Gasteiger partial charge in [0.1, 0.15) is 23.9 Å². The summed E-state index contributed by atoms with van der Waals surface area (Å²) in [6.45, 7) is 2.83. The number of aliphatic hydroxyl groups is 1. The van der Waals surface area contributed by atoms with Crippen LogP contribution in [0.1, 0.15) is 23.7 Å². The molecule has 0 saturated carbocycles. The molecule has 3 rings (SSSR count). The summed E-state index contributed by atoms with van der Waals surface area (Å²) in [6, 6.07) is 12.3. The van der Waals surface area contributed by atoms with Crippen molar-refractivity contribution in [2.45, 2.75) is 13.3 Å². The molecule has 8 heteroatoms. The Labute approximate surface area is 179 Å². The molecule has 0 radical (unpaired) electrons. The SMILES string of the molecule is CCCOc1ccc(OC)c(-c2csc(NC(=O)c3ccc(OCCO)cc3)n2)c1. The number of carbonyl (C=O) groups excluding carboxylic acids is 1. The van der Waals surface area contributed by atoms with Gasteiger partial charge in [0.05, 0.1) is 26.0 Å². The number of ether oxygens (including phenoxy) is 3. The predicted molar refractivity (Wildman–Crippen MR) is 117 cm³/mol. The molecular weight excluding hydrogens is 404 g/mol. The number of carbonyl (C=O) groups is 1. The quantitative estimate of drug-likeness (QED) is 0.502. The van der Waals surface area contributed by atoms with Gasteiger partial charge < -0.3 is 19.3 Å². The highest BCUT2D eigenvalue weighted by molar-refractivity contribution is 7.14. The van der Waals surface area contributed by atoms with Gasteiger partial charge in [-0.15, -0.1) is 11.3 Å². The zero-order valence-corrected chi connectivity index (χ0v) is 17.7. The van der Waals surface area contributed by atoms with E-state index in [2.05, 4.69) is 17.2 Å². The van der Waals surface area contributed by atoms with Gasteiger partial charge in [0.15, 0.2) is 5.13 Å². The second-order valence-electron chi connectivity index (χ2n) is 6.30. The number of anilines is 1. The zero-order chi connectivity index (χ0) is 21.3. The minimum atomic E-state index is -0.267. The van der Waals surface area contributed by atoms with E-state index in [0.717, 1.165) is 17.7 Å². The molecule has 1 aromatic heterocycles. The first kappa shape index (κ1) is 21.6. The highest BCUT2D eigenvalue weighted by atomic mass is 32.1. The van der Waals surface area contributed by atoms with Crippen LogP contribution in [0.4, 0.5) is 5.13 Å². The van der Waals surface area contributed by atoms with E-state index >= 15 is 0 Å². The minimum Gasteiger partial charge on any atom is -0.496 e. The maximum absolute atomic E-state index is 12.5. The van der Waals surface area contributed by atoms with Crippen molar-refractivity contribution in [2.75, 3.05) is 32.2 Å². The molecule has 0 aliphatic rings. The Hall–Kier alpha value is -3.10. The van der Waals surface area contributed by atoms with Crippen LogP contribution in [0.5, 0.6) is 17.2 Å². The first-order valence-corrected chi connectivity index (χ1v) is 10.4. The van der Waals surface area contributed by atoms with Crippen molar-refractivity contribution in [3.05, 3.63) is 53.4 Å². The third-order valence-corrected chi connectivity index (χ3v) is 4.88. The van der Waals surface area contributed by atoms with E-state index < -0.39 is 0 Å². The summed E-state index contributed by atoms with van der Waals surface area (Å²) in [5, 5.41) is 14.0. The first-order chi connectivity index (χ1) is 14.6. The number of hydrogen-bond acceptors (Lipinski definition) is 7. The summed E-state index contributed by atoms with van der Waals surface area (Å²) in [7, 11) is 1.61. The molecule has 30 heavy (non-hydrogen) atoms. The maximum atomic E-state index is 12.5. The molecule has 0 unspecified atom stereocenters. The van der Waals surface area contributed by atoms with Crippen LogP contribution in [0, 0.1) is 0 Å². The number of methoxy groups -OCH3 is 1. The van der Waals surface area contributed by atoms with Crippen LogP contribution >= 0.6 is 11.3 Å². The molecule has 3 aromatic rings. The van der Waals surface area contributed by atoms with E-state index in [4.69, 9.17) is 19.3 Å². The molecule has 0 aliphatic heterocycles. The Balaban J connectivity index is 1.72. The van der Waals surface area contributed by atoms with Crippen molar-refractivity contribution in [1.29, 1.82) is 0 Å². The van der Waals surface area contributed by atoms with E-state index in [-0.39, 0.29) is 19.1 Å². The normalized spacial score (nSPS) is 10.5. The Morgan fingerprint density at radius 2 is 1.83 bits per heavy atom. The topological polar surface area (TPSA) is 89.9 Å². The second-order valence-corrected chi connectivity index (χ2v) is 7.16. The van der Waals surface area contributed by atoms with Crippen molar-refractivity contribution in [3.63, 3.8) is 0 Å². The number of amides is 1. The largest absolute Gasteiger partial charge is 0.496 e. The van der Waals surface area contributed by atoms with Gasteiger partial charge >= 0.3 is 0 Å². The van der Waals surface area contributed by atoms with Gasteiger partial charge in [-0.2, -0.15) is 0 Å². The molecule has 158 valence electrons. The third-order valence-electron chi connectivity index (χ3n) is 4.12. The number of rotatable bonds is 10.